The van der Waals surface area contributed by atoms with E-state index in [2.05, 4.69) is 42.2 Å². The molecule has 1 rings (SSSR count). The summed E-state index contributed by atoms with van der Waals surface area (Å²) in [6, 6.07) is 11.1. The molecule has 0 radical (unpaired) electrons. The van der Waals surface area contributed by atoms with Crippen molar-refractivity contribution in [3.63, 3.8) is 0 Å². The summed E-state index contributed by atoms with van der Waals surface area (Å²) in [5.74, 6) is 0. The van der Waals surface area contributed by atoms with Gasteiger partial charge in [0.1, 0.15) is 0 Å². The molecule has 0 saturated carbocycles. The van der Waals surface area contributed by atoms with Gasteiger partial charge in [-0.05, 0) is 24.9 Å². The van der Waals surface area contributed by atoms with E-state index in [1.165, 1.54) is 5.56 Å². The molecule has 0 aliphatic carbocycles. The summed E-state index contributed by atoms with van der Waals surface area (Å²) < 4.78 is 5.15. The minimum Gasteiger partial charge on any atom is -0.383 e. The number of aryl methyl sites for hydroxylation is 1. The molecule has 1 atom stereocenters. The summed E-state index contributed by atoms with van der Waals surface area (Å²) >= 11 is 0. The number of benzene rings is 1. The highest BCUT2D eigenvalue weighted by Crippen LogP contribution is 2.09. The van der Waals surface area contributed by atoms with Crippen molar-refractivity contribution in [2.45, 2.75) is 25.8 Å². The molecule has 0 amide bonds. The van der Waals surface area contributed by atoms with Gasteiger partial charge in [-0.1, -0.05) is 37.3 Å². The van der Waals surface area contributed by atoms with Crippen LogP contribution in [0.5, 0.6) is 0 Å². The first kappa shape index (κ1) is 15.2. The van der Waals surface area contributed by atoms with Crippen LogP contribution in [-0.4, -0.2) is 44.3 Å². The maximum Gasteiger partial charge on any atom is 0.0589 e. The second-order valence-electron chi connectivity index (χ2n) is 4.54. The summed E-state index contributed by atoms with van der Waals surface area (Å²) in [5.41, 5.74) is 7.29. The average molecular weight is 250 g/mol. The van der Waals surface area contributed by atoms with E-state index in [-0.39, 0.29) is 0 Å². The monoisotopic (exact) mass is 250 g/mol. The molecule has 0 bridgehead atoms. The molecule has 0 saturated heterocycles. The lowest BCUT2D eigenvalue weighted by atomic mass is 10.0. The number of hydrogen-bond acceptors (Lipinski definition) is 3. The third-order valence-corrected chi connectivity index (χ3v) is 3.39. The van der Waals surface area contributed by atoms with E-state index in [1.54, 1.807) is 7.11 Å². The third kappa shape index (κ3) is 5.17. The van der Waals surface area contributed by atoms with Crippen molar-refractivity contribution in [2.24, 2.45) is 5.73 Å². The minimum atomic E-state index is 0.449. The molecular formula is C15H26N2O. The largest absolute Gasteiger partial charge is 0.383 e. The second-order valence-corrected chi connectivity index (χ2v) is 4.54. The normalized spacial score (nSPS) is 12.9. The molecule has 0 heterocycles. The summed E-state index contributed by atoms with van der Waals surface area (Å²) in [7, 11) is 1.75. The van der Waals surface area contributed by atoms with Gasteiger partial charge in [-0.3, -0.25) is 4.90 Å². The summed E-state index contributed by atoms with van der Waals surface area (Å²) in [6.45, 7) is 5.66. The van der Waals surface area contributed by atoms with Crippen LogP contribution < -0.4 is 5.73 Å². The number of hydrogen-bond donors (Lipinski definition) is 1. The minimum absolute atomic E-state index is 0.449. The van der Waals surface area contributed by atoms with Crippen molar-refractivity contribution >= 4 is 0 Å². The number of ether oxygens (including phenoxy) is 1. The lowest BCUT2D eigenvalue weighted by Crippen LogP contribution is -2.42. The zero-order chi connectivity index (χ0) is 13.2. The van der Waals surface area contributed by atoms with Gasteiger partial charge in [0.15, 0.2) is 0 Å². The van der Waals surface area contributed by atoms with Crippen LogP contribution >= 0.6 is 0 Å². The first-order valence-electron chi connectivity index (χ1n) is 6.78. The van der Waals surface area contributed by atoms with Gasteiger partial charge < -0.3 is 10.5 Å². The van der Waals surface area contributed by atoms with Gasteiger partial charge >= 0.3 is 0 Å². The predicted molar refractivity (Wildman–Crippen MR) is 76.7 cm³/mol. The van der Waals surface area contributed by atoms with Crippen LogP contribution in [0.2, 0.25) is 0 Å². The number of nitrogens with two attached hydrogens (primary N) is 1. The fourth-order valence-electron chi connectivity index (χ4n) is 2.23. The zero-order valence-corrected chi connectivity index (χ0v) is 11.6. The Hall–Kier alpha value is -0.900. The maximum absolute atomic E-state index is 5.90. The average Bonchev–Trinajstić information content (AvgIpc) is 2.43. The van der Waals surface area contributed by atoms with E-state index in [9.17, 15) is 0 Å². The van der Waals surface area contributed by atoms with Gasteiger partial charge in [0, 0.05) is 26.2 Å². The Balaban J connectivity index is 2.44. The van der Waals surface area contributed by atoms with Crippen molar-refractivity contribution in [3.8, 4) is 0 Å². The highest BCUT2D eigenvalue weighted by atomic mass is 16.5. The molecule has 3 heteroatoms. The number of likely N-dealkylation sites (N-methyl/N-ethyl adjacent to an activating group) is 1. The SMILES string of the molecule is CCN(CCOC)C(CN)CCc1ccccc1. The zero-order valence-electron chi connectivity index (χ0n) is 11.6. The number of nitrogens with zero attached hydrogens (tertiary/aromatic N) is 1. The first-order valence-corrected chi connectivity index (χ1v) is 6.78. The highest BCUT2D eigenvalue weighted by Gasteiger charge is 2.14. The molecule has 102 valence electrons. The molecule has 1 aromatic carbocycles. The highest BCUT2D eigenvalue weighted by molar-refractivity contribution is 5.14. The smallest absolute Gasteiger partial charge is 0.0589 e. The number of methoxy groups -OCH3 is 1. The van der Waals surface area contributed by atoms with Gasteiger partial charge in [-0.15, -0.1) is 0 Å². The Labute approximate surface area is 111 Å². The molecule has 18 heavy (non-hydrogen) atoms. The van der Waals surface area contributed by atoms with Gasteiger partial charge in [0.2, 0.25) is 0 Å². The van der Waals surface area contributed by atoms with E-state index in [1.807, 2.05) is 0 Å². The van der Waals surface area contributed by atoms with Crippen molar-refractivity contribution in [2.75, 3.05) is 33.4 Å². The van der Waals surface area contributed by atoms with Crippen LogP contribution in [-0.2, 0) is 11.2 Å². The fraction of sp³-hybridized carbons (Fsp3) is 0.600. The lowest BCUT2D eigenvalue weighted by Gasteiger charge is -2.29. The quantitative estimate of drug-likeness (QED) is 0.727. The van der Waals surface area contributed by atoms with Crippen molar-refractivity contribution < 1.29 is 4.74 Å². The first-order chi connectivity index (χ1) is 8.81. The molecule has 0 fully saturated rings. The van der Waals surface area contributed by atoms with Gasteiger partial charge in [0.25, 0.3) is 0 Å². The van der Waals surface area contributed by atoms with Crippen molar-refractivity contribution in [1.29, 1.82) is 0 Å². The maximum atomic E-state index is 5.90. The van der Waals surface area contributed by atoms with Crippen LogP contribution in [0, 0.1) is 0 Å². The van der Waals surface area contributed by atoms with E-state index in [4.69, 9.17) is 10.5 Å². The summed E-state index contributed by atoms with van der Waals surface area (Å²) in [5, 5.41) is 0. The van der Waals surface area contributed by atoms with Crippen LogP contribution in [0.1, 0.15) is 18.9 Å². The Bertz CT molecular complexity index is 303. The van der Waals surface area contributed by atoms with Gasteiger partial charge in [-0.25, -0.2) is 0 Å². The van der Waals surface area contributed by atoms with E-state index in [0.717, 1.165) is 32.5 Å². The van der Waals surface area contributed by atoms with E-state index in [0.29, 0.717) is 12.6 Å². The summed E-state index contributed by atoms with van der Waals surface area (Å²) in [4.78, 5) is 2.41. The molecule has 1 unspecified atom stereocenters. The van der Waals surface area contributed by atoms with Crippen molar-refractivity contribution in [1.82, 2.24) is 4.90 Å². The van der Waals surface area contributed by atoms with Gasteiger partial charge in [0.05, 0.1) is 6.61 Å². The standard InChI is InChI=1S/C15H26N2O/c1-3-17(11-12-18-2)15(13-16)10-9-14-7-5-4-6-8-14/h4-8,15H,3,9-13,16H2,1-2H3. The van der Waals surface area contributed by atoms with Crippen LogP contribution in [0.15, 0.2) is 30.3 Å². The molecule has 0 spiro atoms. The molecule has 2 N–H and O–H groups in total. The second kappa shape index (κ2) is 9.09. The molecule has 3 nitrogen and oxygen atoms in total. The van der Waals surface area contributed by atoms with E-state index < -0.39 is 0 Å². The molecular weight excluding hydrogens is 224 g/mol. The lowest BCUT2D eigenvalue weighted by molar-refractivity contribution is 0.122. The topological polar surface area (TPSA) is 38.5 Å². The summed E-state index contributed by atoms with van der Waals surface area (Å²) in [6.07, 6.45) is 2.20. The fourth-order valence-corrected chi connectivity index (χ4v) is 2.23. The van der Waals surface area contributed by atoms with Crippen molar-refractivity contribution in [3.05, 3.63) is 35.9 Å². The molecule has 1 aromatic rings. The van der Waals surface area contributed by atoms with Crippen LogP contribution in [0.25, 0.3) is 0 Å². The van der Waals surface area contributed by atoms with Gasteiger partial charge in [-0.2, -0.15) is 0 Å². The van der Waals surface area contributed by atoms with E-state index >= 15 is 0 Å². The molecule has 0 aromatic heterocycles. The Morgan fingerprint density at radius 3 is 2.56 bits per heavy atom. The third-order valence-electron chi connectivity index (χ3n) is 3.39. The molecule has 0 aliphatic heterocycles. The predicted octanol–water partition coefficient (Wildman–Crippen LogP) is 1.91. The van der Waals surface area contributed by atoms with Crippen LogP contribution in [0.3, 0.4) is 0 Å². The molecule has 0 aliphatic rings. The Morgan fingerprint density at radius 1 is 1.28 bits per heavy atom. The Kier molecular flexibility index (Phi) is 7.65. The Morgan fingerprint density at radius 2 is 2.00 bits per heavy atom. The van der Waals surface area contributed by atoms with Crippen LogP contribution in [0.4, 0.5) is 0 Å². The number of rotatable bonds is 9.